The first kappa shape index (κ1) is 15.8. The van der Waals surface area contributed by atoms with Gasteiger partial charge in [-0.05, 0) is 37.8 Å². The van der Waals surface area contributed by atoms with Gasteiger partial charge in [0, 0.05) is 11.0 Å². The zero-order chi connectivity index (χ0) is 15.6. The van der Waals surface area contributed by atoms with E-state index < -0.39 is 29.0 Å². The van der Waals surface area contributed by atoms with Crippen LogP contribution >= 0.6 is 11.8 Å². The zero-order valence-electron chi connectivity index (χ0n) is 11.4. The molecule has 1 amide bonds. The molecular formula is C14H15F2NO3S. The fourth-order valence-electron chi connectivity index (χ4n) is 2.05. The SMILES string of the molecule is CC(NC(=O)CSc1ccc(F)cc1F)(C(=O)O)C1CC1. The van der Waals surface area contributed by atoms with Crippen molar-refractivity contribution < 1.29 is 23.5 Å². The smallest absolute Gasteiger partial charge is 0.329 e. The summed E-state index contributed by atoms with van der Waals surface area (Å²) in [5, 5.41) is 11.7. The number of benzene rings is 1. The molecule has 1 aromatic rings. The number of rotatable bonds is 6. The van der Waals surface area contributed by atoms with E-state index in [2.05, 4.69) is 5.32 Å². The van der Waals surface area contributed by atoms with Crippen molar-refractivity contribution in [2.45, 2.75) is 30.2 Å². The molecule has 0 spiro atoms. The molecule has 0 aliphatic heterocycles. The maximum atomic E-state index is 13.4. The van der Waals surface area contributed by atoms with E-state index in [9.17, 15) is 23.5 Å². The summed E-state index contributed by atoms with van der Waals surface area (Å²) >= 11 is 0.902. The van der Waals surface area contributed by atoms with Crippen LogP contribution in [0.15, 0.2) is 23.1 Å². The molecule has 7 heteroatoms. The summed E-state index contributed by atoms with van der Waals surface area (Å²) in [6.45, 7) is 1.48. The van der Waals surface area contributed by atoms with Gasteiger partial charge in [0.1, 0.15) is 17.2 Å². The van der Waals surface area contributed by atoms with Gasteiger partial charge in [-0.3, -0.25) is 4.79 Å². The molecule has 2 N–H and O–H groups in total. The molecule has 0 saturated heterocycles. The Kier molecular flexibility index (Phi) is 4.51. The number of thioether (sulfide) groups is 1. The maximum absolute atomic E-state index is 13.4. The number of halogens is 2. The van der Waals surface area contributed by atoms with E-state index in [1.807, 2.05) is 0 Å². The first-order chi connectivity index (χ1) is 9.83. The van der Waals surface area contributed by atoms with Gasteiger partial charge in [0.2, 0.25) is 5.91 Å². The molecule has 0 bridgehead atoms. The number of aliphatic carboxylic acids is 1. The Morgan fingerprint density at radius 3 is 2.62 bits per heavy atom. The predicted molar refractivity (Wildman–Crippen MR) is 74.0 cm³/mol. The van der Waals surface area contributed by atoms with Crippen molar-refractivity contribution in [1.82, 2.24) is 5.32 Å². The molecule has 4 nitrogen and oxygen atoms in total. The first-order valence-corrected chi connectivity index (χ1v) is 7.43. The van der Waals surface area contributed by atoms with Crippen LogP contribution in [0, 0.1) is 17.6 Å². The van der Waals surface area contributed by atoms with Crippen LogP contribution in [0.2, 0.25) is 0 Å². The minimum absolute atomic E-state index is 0.0634. The van der Waals surface area contributed by atoms with Crippen molar-refractivity contribution in [3.8, 4) is 0 Å². The molecule has 1 fully saturated rings. The second kappa shape index (κ2) is 6.01. The molecule has 2 rings (SSSR count). The third-order valence-electron chi connectivity index (χ3n) is 3.49. The lowest BCUT2D eigenvalue weighted by atomic mass is 9.96. The number of amides is 1. The molecule has 1 saturated carbocycles. The van der Waals surface area contributed by atoms with Crippen LogP contribution in [0.5, 0.6) is 0 Å². The fourth-order valence-corrected chi connectivity index (χ4v) is 2.77. The molecule has 1 atom stereocenters. The lowest BCUT2D eigenvalue weighted by Crippen LogP contribution is -2.54. The highest BCUT2D eigenvalue weighted by atomic mass is 32.2. The Morgan fingerprint density at radius 1 is 1.43 bits per heavy atom. The van der Waals surface area contributed by atoms with Gasteiger partial charge >= 0.3 is 5.97 Å². The minimum atomic E-state index is -1.28. The molecule has 1 unspecified atom stereocenters. The van der Waals surface area contributed by atoms with E-state index in [0.29, 0.717) is 0 Å². The van der Waals surface area contributed by atoms with Crippen molar-refractivity contribution in [1.29, 1.82) is 0 Å². The summed E-state index contributed by atoms with van der Waals surface area (Å²) in [6, 6.07) is 3.10. The number of hydrogen-bond acceptors (Lipinski definition) is 3. The highest BCUT2D eigenvalue weighted by molar-refractivity contribution is 8.00. The predicted octanol–water partition coefficient (Wildman–Crippen LogP) is 2.43. The number of nitrogens with one attached hydrogen (secondary N) is 1. The zero-order valence-corrected chi connectivity index (χ0v) is 12.2. The van der Waals surface area contributed by atoms with Crippen LogP contribution in [0.3, 0.4) is 0 Å². The van der Waals surface area contributed by atoms with Crippen molar-refractivity contribution in [3.05, 3.63) is 29.8 Å². The summed E-state index contributed by atoms with van der Waals surface area (Å²) in [4.78, 5) is 23.3. The summed E-state index contributed by atoms with van der Waals surface area (Å²) in [6.07, 6.45) is 1.53. The Hall–Kier alpha value is -1.63. The van der Waals surface area contributed by atoms with Gasteiger partial charge < -0.3 is 10.4 Å². The largest absolute Gasteiger partial charge is 0.480 e. The van der Waals surface area contributed by atoms with Gasteiger partial charge in [0.15, 0.2) is 0 Å². The summed E-state index contributed by atoms with van der Waals surface area (Å²) in [5.74, 6) is -3.18. The summed E-state index contributed by atoms with van der Waals surface area (Å²) < 4.78 is 26.2. The molecule has 114 valence electrons. The minimum Gasteiger partial charge on any atom is -0.480 e. The lowest BCUT2D eigenvalue weighted by molar-refractivity contribution is -0.147. The highest BCUT2D eigenvalue weighted by Gasteiger charge is 2.48. The van der Waals surface area contributed by atoms with Gasteiger partial charge in [-0.1, -0.05) is 0 Å². The highest BCUT2D eigenvalue weighted by Crippen LogP contribution is 2.39. The number of carbonyl (C=O) groups excluding carboxylic acids is 1. The van der Waals surface area contributed by atoms with Gasteiger partial charge in [-0.25, -0.2) is 13.6 Å². The number of carboxylic acids is 1. The van der Waals surface area contributed by atoms with E-state index >= 15 is 0 Å². The molecule has 0 heterocycles. The van der Waals surface area contributed by atoms with E-state index in [1.54, 1.807) is 0 Å². The second-order valence-electron chi connectivity index (χ2n) is 5.19. The lowest BCUT2D eigenvalue weighted by Gasteiger charge is -2.26. The molecular weight excluding hydrogens is 300 g/mol. The van der Waals surface area contributed by atoms with Crippen LogP contribution in [-0.2, 0) is 9.59 Å². The topological polar surface area (TPSA) is 66.4 Å². The number of carbonyl (C=O) groups is 2. The third-order valence-corrected chi connectivity index (χ3v) is 4.54. The van der Waals surface area contributed by atoms with Crippen LogP contribution in [0.4, 0.5) is 8.78 Å². The molecule has 1 aliphatic carbocycles. The fraction of sp³-hybridized carbons (Fsp3) is 0.429. The van der Waals surface area contributed by atoms with E-state index in [-0.39, 0.29) is 16.6 Å². The second-order valence-corrected chi connectivity index (χ2v) is 6.21. The average Bonchev–Trinajstić information content (AvgIpc) is 3.21. The van der Waals surface area contributed by atoms with Gasteiger partial charge in [-0.2, -0.15) is 0 Å². The monoisotopic (exact) mass is 315 g/mol. The van der Waals surface area contributed by atoms with Gasteiger partial charge in [0.25, 0.3) is 0 Å². The van der Waals surface area contributed by atoms with E-state index in [0.717, 1.165) is 36.7 Å². The van der Waals surface area contributed by atoms with E-state index in [1.165, 1.54) is 13.0 Å². The number of hydrogen-bond donors (Lipinski definition) is 2. The van der Waals surface area contributed by atoms with E-state index in [4.69, 9.17) is 0 Å². The molecule has 0 aromatic heterocycles. The van der Waals surface area contributed by atoms with Crippen LogP contribution in [0.25, 0.3) is 0 Å². The van der Waals surface area contributed by atoms with Crippen molar-refractivity contribution in [3.63, 3.8) is 0 Å². The van der Waals surface area contributed by atoms with Crippen molar-refractivity contribution >= 4 is 23.6 Å². The molecule has 1 aliphatic rings. The maximum Gasteiger partial charge on any atom is 0.329 e. The standard InChI is InChI=1S/C14H15F2NO3S/c1-14(13(19)20,8-2-3-8)17-12(18)7-21-11-5-4-9(15)6-10(11)16/h4-6,8H,2-3,7H2,1H3,(H,17,18)(H,19,20). The van der Waals surface area contributed by atoms with Crippen molar-refractivity contribution in [2.75, 3.05) is 5.75 Å². The Morgan fingerprint density at radius 2 is 2.10 bits per heavy atom. The van der Waals surface area contributed by atoms with Crippen molar-refractivity contribution in [2.24, 2.45) is 5.92 Å². The molecule has 0 radical (unpaired) electrons. The Bertz CT molecular complexity index is 577. The molecule has 1 aromatic carbocycles. The number of carboxylic acid groups (broad SMARTS) is 1. The van der Waals surface area contributed by atoms with Gasteiger partial charge in [0.05, 0.1) is 5.75 Å². The first-order valence-electron chi connectivity index (χ1n) is 6.45. The third kappa shape index (κ3) is 3.72. The summed E-state index contributed by atoms with van der Waals surface area (Å²) in [7, 11) is 0. The van der Waals surface area contributed by atoms with Crippen LogP contribution in [0.1, 0.15) is 19.8 Å². The van der Waals surface area contributed by atoms with Crippen LogP contribution in [-0.4, -0.2) is 28.3 Å². The Labute approximate surface area is 124 Å². The average molecular weight is 315 g/mol. The Balaban J connectivity index is 1.94. The quantitative estimate of drug-likeness (QED) is 0.791. The van der Waals surface area contributed by atoms with Gasteiger partial charge in [-0.15, -0.1) is 11.8 Å². The summed E-state index contributed by atoms with van der Waals surface area (Å²) in [5.41, 5.74) is -1.28. The van der Waals surface area contributed by atoms with Crippen LogP contribution < -0.4 is 5.32 Å². The normalized spacial score (nSPS) is 17.1. The molecule has 21 heavy (non-hydrogen) atoms.